The number of aldehydes is 1. The Labute approximate surface area is 104 Å². The van der Waals surface area contributed by atoms with Crippen LogP contribution >= 0.6 is 11.6 Å². The maximum atomic E-state index is 10.9. The van der Waals surface area contributed by atoms with E-state index in [0.29, 0.717) is 23.7 Å². The lowest BCUT2D eigenvalue weighted by atomic mass is 10.1. The van der Waals surface area contributed by atoms with E-state index < -0.39 is 0 Å². The second-order valence-electron chi connectivity index (χ2n) is 3.66. The standard InChI is InChI=1S/C12H12ClN3O/c1-2-16-12(11(8-17)14-15-16)7-9-3-5-10(13)6-4-9/h3-6,8H,2,7H2,1H3. The molecule has 2 aromatic rings. The van der Waals surface area contributed by atoms with Crippen LogP contribution in [0.1, 0.15) is 28.7 Å². The Kier molecular flexibility index (Phi) is 3.54. The van der Waals surface area contributed by atoms with Gasteiger partial charge < -0.3 is 0 Å². The molecule has 0 aliphatic heterocycles. The van der Waals surface area contributed by atoms with Gasteiger partial charge in [0, 0.05) is 18.0 Å². The van der Waals surface area contributed by atoms with Gasteiger partial charge in [0.25, 0.3) is 0 Å². The molecule has 0 radical (unpaired) electrons. The first-order chi connectivity index (χ1) is 8.24. The summed E-state index contributed by atoms with van der Waals surface area (Å²) in [4.78, 5) is 10.9. The fourth-order valence-electron chi connectivity index (χ4n) is 1.67. The third kappa shape index (κ3) is 2.53. The van der Waals surface area contributed by atoms with Gasteiger partial charge in [-0.05, 0) is 24.6 Å². The number of hydrogen-bond donors (Lipinski definition) is 0. The predicted octanol–water partition coefficient (Wildman–Crippen LogP) is 2.35. The molecule has 0 unspecified atom stereocenters. The third-order valence-electron chi connectivity index (χ3n) is 2.56. The first-order valence-corrected chi connectivity index (χ1v) is 5.74. The Morgan fingerprint density at radius 3 is 2.65 bits per heavy atom. The molecule has 0 aliphatic rings. The molecule has 1 aromatic heterocycles. The van der Waals surface area contributed by atoms with Crippen molar-refractivity contribution >= 4 is 17.9 Å². The number of carbonyl (C=O) groups excluding carboxylic acids is 1. The molecule has 17 heavy (non-hydrogen) atoms. The smallest absolute Gasteiger partial charge is 0.172 e. The molecule has 0 N–H and O–H groups in total. The van der Waals surface area contributed by atoms with E-state index >= 15 is 0 Å². The molecule has 4 nitrogen and oxygen atoms in total. The van der Waals surface area contributed by atoms with Crippen molar-refractivity contribution in [3.8, 4) is 0 Å². The number of nitrogens with zero attached hydrogens (tertiary/aromatic N) is 3. The molecule has 0 bridgehead atoms. The maximum absolute atomic E-state index is 10.9. The first-order valence-electron chi connectivity index (χ1n) is 5.36. The maximum Gasteiger partial charge on any atom is 0.172 e. The molecule has 0 saturated carbocycles. The zero-order chi connectivity index (χ0) is 12.3. The number of carbonyl (C=O) groups is 1. The normalized spacial score (nSPS) is 10.5. The van der Waals surface area contributed by atoms with Gasteiger partial charge in [0.2, 0.25) is 0 Å². The summed E-state index contributed by atoms with van der Waals surface area (Å²) >= 11 is 5.82. The monoisotopic (exact) mass is 249 g/mol. The van der Waals surface area contributed by atoms with E-state index in [1.807, 2.05) is 31.2 Å². The van der Waals surface area contributed by atoms with Crippen LogP contribution in [0.4, 0.5) is 0 Å². The van der Waals surface area contributed by atoms with Gasteiger partial charge in [-0.25, -0.2) is 4.68 Å². The minimum Gasteiger partial charge on any atom is -0.296 e. The van der Waals surface area contributed by atoms with Gasteiger partial charge >= 0.3 is 0 Å². The summed E-state index contributed by atoms with van der Waals surface area (Å²) in [5, 5.41) is 8.47. The molecule has 88 valence electrons. The van der Waals surface area contributed by atoms with Gasteiger partial charge in [-0.3, -0.25) is 4.79 Å². The summed E-state index contributed by atoms with van der Waals surface area (Å²) in [6, 6.07) is 7.53. The van der Waals surface area contributed by atoms with Gasteiger partial charge in [0.1, 0.15) is 5.69 Å². The van der Waals surface area contributed by atoms with Crippen molar-refractivity contribution < 1.29 is 4.79 Å². The van der Waals surface area contributed by atoms with Crippen molar-refractivity contribution in [2.45, 2.75) is 19.9 Å². The second-order valence-corrected chi connectivity index (χ2v) is 4.09. The molecule has 1 heterocycles. The first kappa shape index (κ1) is 11.8. The van der Waals surface area contributed by atoms with Crippen LogP contribution in [0.2, 0.25) is 5.02 Å². The summed E-state index contributed by atoms with van der Waals surface area (Å²) in [6.45, 7) is 2.67. The van der Waals surface area contributed by atoms with Crippen LogP contribution in [0.3, 0.4) is 0 Å². The summed E-state index contributed by atoms with van der Waals surface area (Å²) < 4.78 is 1.73. The highest BCUT2D eigenvalue weighted by atomic mass is 35.5. The summed E-state index contributed by atoms with van der Waals surface area (Å²) in [5.74, 6) is 0. The van der Waals surface area contributed by atoms with Crippen LogP contribution in [-0.4, -0.2) is 21.3 Å². The minimum atomic E-state index is 0.404. The zero-order valence-electron chi connectivity index (χ0n) is 9.43. The Morgan fingerprint density at radius 2 is 2.06 bits per heavy atom. The average molecular weight is 250 g/mol. The average Bonchev–Trinajstić information content (AvgIpc) is 2.74. The second kappa shape index (κ2) is 5.10. The minimum absolute atomic E-state index is 0.404. The van der Waals surface area contributed by atoms with Crippen molar-refractivity contribution in [3.05, 3.63) is 46.2 Å². The zero-order valence-corrected chi connectivity index (χ0v) is 10.2. The summed E-state index contributed by atoms with van der Waals surface area (Å²) in [5.41, 5.74) is 2.32. The summed E-state index contributed by atoms with van der Waals surface area (Å²) in [6.07, 6.45) is 1.37. The molecular weight excluding hydrogens is 238 g/mol. The molecule has 0 spiro atoms. The lowest BCUT2D eigenvalue weighted by Crippen LogP contribution is -2.05. The van der Waals surface area contributed by atoms with E-state index in [2.05, 4.69) is 10.3 Å². The Balaban J connectivity index is 2.31. The van der Waals surface area contributed by atoms with Crippen LogP contribution in [0.15, 0.2) is 24.3 Å². The van der Waals surface area contributed by atoms with E-state index in [0.717, 1.165) is 17.5 Å². The highest BCUT2D eigenvalue weighted by Crippen LogP contribution is 2.14. The van der Waals surface area contributed by atoms with Crippen LogP contribution in [0.5, 0.6) is 0 Å². The Morgan fingerprint density at radius 1 is 1.35 bits per heavy atom. The van der Waals surface area contributed by atoms with E-state index in [1.165, 1.54) is 0 Å². The van der Waals surface area contributed by atoms with Gasteiger partial charge in [0.05, 0.1) is 5.69 Å². The van der Waals surface area contributed by atoms with Crippen molar-refractivity contribution in [2.75, 3.05) is 0 Å². The Bertz CT molecular complexity index is 519. The van der Waals surface area contributed by atoms with E-state index in [9.17, 15) is 4.79 Å². The number of halogens is 1. The molecule has 0 amide bonds. The van der Waals surface area contributed by atoms with Crippen LogP contribution in [0, 0.1) is 0 Å². The molecule has 2 rings (SSSR count). The fourth-order valence-corrected chi connectivity index (χ4v) is 1.80. The molecule has 0 aliphatic carbocycles. The van der Waals surface area contributed by atoms with Crippen LogP contribution in [0.25, 0.3) is 0 Å². The van der Waals surface area contributed by atoms with E-state index in [4.69, 9.17) is 11.6 Å². The van der Waals surface area contributed by atoms with E-state index in [1.54, 1.807) is 4.68 Å². The van der Waals surface area contributed by atoms with Gasteiger partial charge in [-0.1, -0.05) is 28.9 Å². The highest BCUT2D eigenvalue weighted by molar-refractivity contribution is 6.30. The van der Waals surface area contributed by atoms with Crippen molar-refractivity contribution in [3.63, 3.8) is 0 Å². The van der Waals surface area contributed by atoms with Gasteiger partial charge in [0.15, 0.2) is 6.29 Å². The number of aryl methyl sites for hydroxylation is 1. The molecule has 1 aromatic carbocycles. The van der Waals surface area contributed by atoms with Gasteiger partial charge in [-0.2, -0.15) is 0 Å². The lowest BCUT2D eigenvalue weighted by Gasteiger charge is -2.04. The number of aromatic nitrogens is 3. The molecule has 0 fully saturated rings. The van der Waals surface area contributed by atoms with Crippen molar-refractivity contribution in [1.29, 1.82) is 0 Å². The molecule has 0 saturated heterocycles. The van der Waals surface area contributed by atoms with Crippen LogP contribution in [-0.2, 0) is 13.0 Å². The van der Waals surface area contributed by atoms with Crippen molar-refractivity contribution in [1.82, 2.24) is 15.0 Å². The number of rotatable bonds is 4. The fraction of sp³-hybridized carbons (Fsp3) is 0.250. The lowest BCUT2D eigenvalue weighted by molar-refractivity contribution is 0.111. The van der Waals surface area contributed by atoms with E-state index in [-0.39, 0.29) is 0 Å². The van der Waals surface area contributed by atoms with Crippen LogP contribution < -0.4 is 0 Å². The predicted molar refractivity (Wildman–Crippen MR) is 65.3 cm³/mol. The number of benzene rings is 1. The topological polar surface area (TPSA) is 47.8 Å². The number of hydrogen-bond acceptors (Lipinski definition) is 3. The Hall–Kier alpha value is -1.68. The molecule has 0 atom stereocenters. The summed E-state index contributed by atoms with van der Waals surface area (Å²) in [7, 11) is 0. The SMILES string of the molecule is CCn1nnc(C=O)c1Cc1ccc(Cl)cc1. The quantitative estimate of drug-likeness (QED) is 0.782. The van der Waals surface area contributed by atoms with Crippen molar-refractivity contribution in [2.24, 2.45) is 0 Å². The largest absolute Gasteiger partial charge is 0.296 e. The van der Waals surface area contributed by atoms with Gasteiger partial charge in [-0.15, -0.1) is 5.10 Å². The third-order valence-corrected chi connectivity index (χ3v) is 2.82. The highest BCUT2D eigenvalue weighted by Gasteiger charge is 2.11. The molecular formula is C12H12ClN3O. The molecule has 5 heteroatoms.